The number of pyridine rings is 1. The number of rotatable bonds is 4. The summed E-state index contributed by atoms with van der Waals surface area (Å²) in [7, 11) is 2.00. The lowest BCUT2D eigenvalue weighted by Crippen LogP contribution is -2.11. The molecule has 6 nitrogen and oxygen atoms in total. The van der Waals surface area contributed by atoms with Gasteiger partial charge in [0.2, 0.25) is 0 Å². The molecule has 4 rings (SSSR count). The van der Waals surface area contributed by atoms with Crippen molar-refractivity contribution in [1.29, 1.82) is 0 Å². The van der Waals surface area contributed by atoms with Gasteiger partial charge in [-0.3, -0.25) is 4.98 Å². The number of hydrogen-bond acceptors (Lipinski definition) is 5. The average molecular weight is 427 g/mol. The van der Waals surface area contributed by atoms with E-state index in [0.29, 0.717) is 10.8 Å². The van der Waals surface area contributed by atoms with Crippen LogP contribution in [0.25, 0.3) is 22.5 Å². The molecule has 4 aromatic rings. The standard InChI is InChI=1S/C21H19ClN6.ClH/c1-13-12-19(20(22)14(2)23-13)28(3)16-10-8-15(9-11-16)17-6-4-5-7-18(17)21-24-26-27-25-21;/h4-12H,1-3H3,(H,24,25,26,27);1H. The van der Waals surface area contributed by atoms with Gasteiger partial charge in [0.1, 0.15) is 0 Å². The molecule has 0 amide bonds. The lowest BCUT2D eigenvalue weighted by atomic mass is 9.99. The second-order valence-electron chi connectivity index (χ2n) is 6.58. The van der Waals surface area contributed by atoms with Crippen molar-refractivity contribution < 1.29 is 0 Å². The third kappa shape index (κ3) is 4.09. The van der Waals surface area contributed by atoms with E-state index in [9.17, 15) is 0 Å². The smallest absolute Gasteiger partial charge is 0.180 e. The first kappa shape index (κ1) is 20.8. The Labute approximate surface area is 180 Å². The SMILES string of the molecule is Cc1cc(N(C)c2ccc(-c3ccccc3-c3nnn[nH]3)cc2)c(Cl)c(C)n1.Cl. The van der Waals surface area contributed by atoms with Gasteiger partial charge in [0.15, 0.2) is 5.82 Å². The number of hydrogen-bond donors (Lipinski definition) is 1. The van der Waals surface area contributed by atoms with Crippen LogP contribution >= 0.6 is 24.0 Å². The highest BCUT2D eigenvalue weighted by molar-refractivity contribution is 6.34. The summed E-state index contributed by atoms with van der Waals surface area (Å²) in [5.41, 5.74) is 6.84. The topological polar surface area (TPSA) is 70.6 Å². The second-order valence-corrected chi connectivity index (χ2v) is 6.96. The Bertz CT molecular complexity index is 1110. The van der Waals surface area contributed by atoms with E-state index in [0.717, 1.165) is 39.5 Å². The van der Waals surface area contributed by atoms with Crippen LogP contribution in [0.3, 0.4) is 0 Å². The third-order valence-electron chi connectivity index (χ3n) is 4.69. The molecular weight excluding hydrogens is 407 g/mol. The molecule has 0 aliphatic rings. The van der Waals surface area contributed by atoms with Gasteiger partial charge in [-0.2, -0.15) is 0 Å². The van der Waals surface area contributed by atoms with Crippen molar-refractivity contribution in [3.8, 4) is 22.5 Å². The minimum atomic E-state index is 0. The highest BCUT2D eigenvalue weighted by Gasteiger charge is 2.14. The Hall–Kier alpha value is -2.96. The molecule has 2 aromatic heterocycles. The van der Waals surface area contributed by atoms with Gasteiger partial charge >= 0.3 is 0 Å². The zero-order chi connectivity index (χ0) is 19.7. The lowest BCUT2D eigenvalue weighted by molar-refractivity contribution is 0.881. The van der Waals surface area contributed by atoms with Gasteiger partial charge in [-0.05, 0) is 53.6 Å². The number of nitrogens with zero attached hydrogens (tertiary/aromatic N) is 5. The maximum Gasteiger partial charge on any atom is 0.180 e. The van der Waals surface area contributed by atoms with Gasteiger partial charge in [-0.15, -0.1) is 17.5 Å². The predicted octanol–water partition coefficient (Wildman–Crippen LogP) is 5.39. The molecule has 2 aromatic carbocycles. The van der Waals surface area contributed by atoms with E-state index in [4.69, 9.17) is 11.6 Å². The number of tetrazole rings is 1. The van der Waals surface area contributed by atoms with E-state index in [1.165, 1.54) is 0 Å². The Morgan fingerprint density at radius 1 is 0.966 bits per heavy atom. The summed E-state index contributed by atoms with van der Waals surface area (Å²) < 4.78 is 0. The zero-order valence-electron chi connectivity index (χ0n) is 16.2. The Morgan fingerprint density at radius 2 is 1.66 bits per heavy atom. The molecular formula is C21H20Cl2N6. The van der Waals surface area contributed by atoms with E-state index < -0.39 is 0 Å². The van der Waals surface area contributed by atoms with Crippen LogP contribution in [0, 0.1) is 13.8 Å². The second kappa shape index (κ2) is 8.59. The van der Waals surface area contributed by atoms with E-state index in [-0.39, 0.29) is 12.4 Å². The Balaban J connectivity index is 0.00000240. The molecule has 2 heterocycles. The normalized spacial score (nSPS) is 10.5. The molecule has 0 radical (unpaired) electrons. The largest absolute Gasteiger partial charge is 0.343 e. The van der Waals surface area contributed by atoms with Crippen LogP contribution in [0.15, 0.2) is 54.6 Å². The summed E-state index contributed by atoms with van der Waals surface area (Å²) in [6.07, 6.45) is 0. The minimum absolute atomic E-state index is 0. The van der Waals surface area contributed by atoms with Crippen LogP contribution in [0.2, 0.25) is 5.02 Å². The van der Waals surface area contributed by atoms with E-state index in [1.54, 1.807) is 0 Å². The molecule has 29 heavy (non-hydrogen) atoms. The molecule has 0 saturated carbocycles. The Morgan fingerprint density at radius 3 is 2.31 bits per heavy atom. The van der Waals surface area contributed by atoms with E-state index >= 15 is 0 Å². The average Bonchev–Trinajstić information content (AvgIpc) is 3.25. The van der Waals surface area contributed by atoms with Gasteiger partial charge in [-0.1, -0.05) is 48.0 Å². The monoisotopic (exact) mass is 426 g/mol. The molecule has 0 atom stereocenters. The molecule has 0 fully saturated rings. The number of halogens is 2. The first-order chi connectivity index (χ1) is 13.5. The molecule has 0 aliphatic heterocycles. The number of aryl methyl sites for hydroxylation is 2. The Kier molecular flexibility index (Phi) is 6.15. The zero-order valence-corrected chi connectivity index (χ0v) is 17.8. The summed E-state index contributed by atoms with van der Waals surface area (Å²) in [5, 5.41) is 14.9. The summed E-state index contributed by atoms with van der Waals surface area (Å²) in [4.78, 5) is 6.49. The van der Waals surface area contributed by atoms with Gasteiger partial charge in [-0.25, -0.2) is 5.10 Å². The van der Waals surface area contributed by atoms with Crippen molar-refractivity contribution in [2.75, 3.05) is 11.9 Å². The van der Waals surface area contributed by atoms with Crippen LogP contribution in [0.5, 0.6) is 0 Å². The summed E-state index contributed by atoms with van der Waals surface area (Å²) >= 11 is 6.49. The van der Waals surface area contributed by atoms with E-state index in [1.807, 2.05) is 45.2 Å². The number of aromatic nitrogens is 5. The molecule has 0 aliphatic carbocycles. The first-order valence-electron chi connectivity index (χ1n) is 8.85. The fourth-order valence-electron chi connectivity index (χ4n) is 3.25. The van der Waals surface area contributed by atoms with Gasteiger partial charge < -0.3 is 4.90 Å². The van der Waals surface area contributed by atoms with Crippen molar-refractivity contribution in [3.63, 3.8) is 0 Å². The third-order valence-corrected chi connectivity index (χ3v) is 5.15. The van der Waals surface area contributed by atoms with Crippen LogP contribution < -0.4 is 4.90 Å². The summed E-state index contributed by atoms with van der Waals surface area (Å²) in [5.74, 6) is 0.645. The van der Waals surface area contributed by atoms with Gasteiger partial charge in [0.25, 0.3) is 0 Å². The summed E-state index contributed by atoms with van der Waals surface area (Å²) in [6.45, 7) is 3.89. The highest BCUT2D eigenvalue weighted by atomic mass is 35.5. The molecule has 0 saturated heterocycles. The molecule has 0 spiro atoms. The van der Waals surface area contributed by atoms with Crippen molar-refractivity contribution in [1.82, 2.24) is 25.6 Å². The van der Waals surface area contributed by atoms with Crippen molar-refractivity contribution >= 4 is 35.4 Å². The minimum Gasteiger partial charge on any atom is -0.343 e. The molecule has 1 N–H and O–H groups in total. The number of H-pyrrole nitrogens is 1. The maximum absolute atomic E-state index is 6.49. The number of nitrogens with one attached hydrogen (secondary N) is 1. The predicted molar refractivity (Wildman–Crippen MR) is 119 cm³/mol. The van der Waals surface area contributed by atoms with Crippen LogP contribution in [-0.2, 0) is 0 Å². The van der Waals surface area contributed by atoms with E-state index in [2.05, 4.69) is 60.8 Å². The lowest BCUT2D eigenvalue weighted by Gasteiger charge is -2.22. The van der Waals surface area contributed by atoms with Gasteiger partial charge in [0.05, 0.1) is 16.4 Å². The van der Waals surface area contributed by atoms with Crippen LogP contribution in [0.1, 0.15) is 11.4 Å². The summed E-state index contributed by atoms with van der Waals surface area (Å²) in [6, 6.07) is 18.4. The molecule has 0 unspecified atom stereocenters. The van der Waals surface area contributed by atoms with Crippen molar-refractivity contribution in [3.05, 3.63) is 71.0 Å². The molecule has 0 bridgehead atoms. The van der Waals surface area contributed by atoms with Crippen LogP contribution in [-0.4, -0.2) is 32.7 Å². The quantitative estimate of drug-likeness (QED) is 0.473. The number of anilines is 2. The highest BCUT2D eigenvalue weighted by Crippen LogP contribution is 2.35. The van der Waals surface area contributed by atoms with Crippen LogP contribution in [0.4, 0.5) is 11.4 Å². The molecule has 148 valence electrons. The van der Waals surface area contributed by atoms with Crippen molar-refractivity contribution in [2.24, 2.45) is 0 Å². The molecule has 8 heteroatoms. The maximum atomic E-state index is 6.49. The van der Waals surface area contributed by atoms with Crippen molar-refractivity contribution in [2.45, 2.75) is 13.8 Å². The number of benzene rings is 2. The number of aromatic amines is 1. The fourth-order valence-corrected chi connectivity index (χ4v) is 3.48. The fraction of sp³-hybridized carbons (Fsp3) is 0.143. The van der Waals surface area contributed by atoms with Gasteiger partial charge in [0, 0.05) is 24.0 Å². The first-order valence-corrected chi connectivity index (χ1v) is 9.23.